The molecule has 0 bridgehead atoms. The average Bonchev–Trinajstić information content (AvgIpc) is 2.64. The van der Waals surface area contributed by atoms with E-state index in [-0.39, 0.29) is 0 Å². The zero-order valence-electron chi connectivity index (χ0n) is 18.3. The molecule has 0 aromatic rings. The number of carbonyl (C=O) groups is 9. The van der Waals surface area contributed by atoms with Crippen LogP contribution in [0.5, 0.6) is 0 Å². The van der Waals surface area contributed by atoms with Crippen molar-refractivity contribution in [2.75, 3.05) is 0 Å². The summed E-state index contributed by atoms with van der Waals surface area (Å²) in [6, 6.07) is 0. The van der Waals surface area contributed by atoms with Crippen molar-refractivity contribution in [2.24, 2.45) is 0 Å². The normalized spacial score (nSPS) is 15.5. The number of carboxylic acid groups (broad SMARTS) is 5. The van der Waals surface area contributed by atoms with Gasteiger partial charge in [-0.3, -0.25) is 28.8 Å². The predicted molar refractivity (Wildman–Crippen MR) is 103 cm³/mol. The second-order valence-electron chi connectivity index (χ2n) is 7.55. The van der Waals surface area contributed by atoms with Crippen LogP contribution < -0.4 is 0 Å². The van der Waals surface area contributed by atoms with E-state index in [9.17, 15) is 58.5 Å². The van der Waals surface area contributed by atoms with Gasteiger partial charge >= 0.3 is 53.7 Å². The van der Waals surface area contributed by atoms with Gasteiger partial charge in [0.2, 0.25) is 0 Å². The zero-order valence-corrected chi connectivity index (χ0v) is 18.3. The molecule has 0 rings (SSSR count). The van der Waals surface area contributed by atoms with E-state index in [4.69, 9.17) is 25.5 Å². The Bertz CT molecular complexity index is 940. The lowest BCUT2D eigenvalue weighted by molar-refractivity contribution is -0.181. The SMILES string of the molecule is O=C(O)CC(O)(CC(=O)OC(=O)CC(O)(CC(=O)OC(=O)CC(O)(CC(=O)O)C(=O)O)C(=O)O)C(=O)O. The number of hydrogen-bond donors (Lipinski definition) is 8. The average molecular weight is 540 g/mol. The molecule has 0 fully saturated rings. The molecule has 19 nitrogen and oxygen atoms in total. The molecular formula is C18H20O19. The lowest BCUT2D eigenvalue weighted by atomic mass is 9.94. The molecule has 0 heterocycles. The van der Waals surface area contributed by atoms with Gasteiger partial charge in [-0.15, -0.1) is 0 Å². The van der Waals surface area contributed by atoms with Gasteiger partial charge in [0.25, 0.3) is 0 Å². The fourth-order valence-corrected chi connectivity index (χ4v) is 2.49. The molecule has 0 saturated carbocycles. The highest BCUT2D eigenvalue weighted by Gasteiger charge is 2.46. The van der Waals surface area contributed by atoms with Crippen LogP contribution in [0.3, 0.4) is 0 Å². The number of rotatable bonds is 15. The molecule has 206 valence electrons. The summed E-state index contributed by atoms with van der Waals surface area (Å²) in [5.74, 6) is -18.0. The largest absolute Gasteiger partial charge is 0.481 e. The Morgan fingerprint density at radius 1 is 0.405 bits per heavy atom. The highest BCUT2D eigenvalue weighted by atomic mass is 16.6. The summed E-state index contributed by atoms with van der Waals surface area (Å²) in [5, 5.41) is 73.5. The number of carboxylic acids is 5. The highest BCUT2D eigenvalue weighted by molar-refractivity contribution is 5.96. The first-order valence-electron chi connectivity index (χ1n) is 9.44. The summed E-state index contributed by atoms with van der Waals surface area (Å²) < 4.78 is 8.05. The summed E-state index contributed by atoms with van der Waals surface area (Å²) >= 11 is 0. The number of hydrogen-bond acceptors (Lipinski definition) is 14. The molecule has 0 saturated heterocycles. The maximum Gasteiger partial charge on any atom is 0.336 e. The van der Waals surface area contributed by atoms with Crippen LogP contribution in [0.15, 0.2) is 0 Å². The fraction of sp³-hybridized carbons (Fsp3) is 0.500. The third kappa shape index (κ3) is 10.3. The molecule has 37 heavy (non-hydrogen) atoms. The van der Waals surface area contributed by atoms with Gasteiger partial charge in [0.1, 0.15) is 0 Å². The molecule has 0 aliphatic carbocycles. The number of aliphatic hydroxyl groups is 3. The minimum Gasteiger partial charge on any atom is -0.481 e. The van der Waals surface area contributed by atoms with Gasteiger partial charge < -0.3 is 50.3 Å². The Morgan fingerprint density at radius 3 is 0.757 bits per heavy atom. The monoisotopic (exact) mass is 540 g/mol. The van der Waals surface area contributed by atoms with Gasteiger partial charge in [-0.05, 0) is 0 Å². The maximum atomic E-state index is 11.8. The van der Waals surface area contributed by atoms with E-state index in [2.05, 4.69) is 9.47 Å². The summed E-state index contributed by atoms with van der Waals surface area (Å²) in [4.78, 5) is 102. The molecule has 0 spiro atoms. The highest BCUT2D eigenvalue weighted by Crippen LogP contribution is 2.22. The van der Waals surface area contributed by atoms with Gasteiger partial charge in [0.05, 0.1) is 38.5 Å². The smallest absolute Gasteiger partial charge is 0.336 e. The van der Waals surface area contributed by atoms with E-state index in [1.54, 1.807) is 0 Å². The van der Waals surface area contributed by atoms with Gasteiger partial charge in [-0.2, -0.15) is 0 Å². The van der Waals surface area contributed by atoms with E-state index >= 15 is 0 Å². The van der Waals surface area contributed by atoms with Crippen LogP contribution in [0.25, 0.3) is 0 Å². The molecule has 2 unspecified atom stereocenters. The number of aliphatic carboxylic acids is 5. The van der Waals surface area contributed by atoms with E-state index in [1.807, 2.05) is 0 Å². The first kappa shape index (κ1) is 32.5. The van der Waals surface area contributed by atoms with Crippen molar-refractivity contribution in [2.45, 2.75) is 55.3 Å². The Balaban J connectivity index is 5.33. The first-order valence-corrected chi connectivity index (χ1v) is 9.44. The second-order valence-corrected chi connectivity index (χ2v) is 7.55. The van der Waals surface area contributed by atoms with Crippen molar-refractivity contribution < 1.29 is 93.5 Å². The summed E-state index contributed by atoms with van der Waals surface area (Å²) in [6.07, 6.45) is -9.67. The van der Waals surface area contributed by atoms with Crippen molar-refractivity contribution in [3.8, 4) is 0 Å². The molecule has 0 aromatic carbocycles. The quantitative estimate of drug-likeness (QED) is 0.0726. The van der Waals surface area contributed by atoms with E-state index < -0.39 is 109 Å². The Morgan fingerprint density at radius 2 is 0.595 bits per heavy atom. The maximum absolute atomic E-state index is 11.8. The van der Waals surface area contributed by atoms with Gasteiger partial charge in [0.15, 0.2) is 16.8 Å². The minimum absolute atomic E-state index is 1.51. The fourth-order valence-electron chi connectivity index (χ4n) is 2.49. The number of esters is 4. The van der Waals surface area contributed by atoms with Crippen LogP contribution in [0.4, 0.5) is 0 Å². The van der Waals surface area contributed by atoms with Crippen molar-refractivity contribution in [3.63, 3.8) is 0 Å². The van der Waals surface area contributed by atoms with Gasteiger partial charge in [-0.25, -0.2) is 14.4 Å². The lowest BCUT2D eigenvalue weighted by Crippen LogP contribution is -2.46. The molecule has 0 aromatic heterocycles. The van der Waals surface area contributed by atoms with Crippen LogP contribution in [0, 0.1) is 0 Å². The zero-order chi connectivity index (χ0) is 29.4. The Kier molecular flexibility index (Phi) is 11.0. The summed E-state index contributed by atoms with van der Waals surface area (Å²) in [6.45, 7) is 0. The Labute approximate surface area is 203 Å². The van der Waals surface area contributed by atoms with Gasteiger partial charge in [-0.1, -0.05) is 0 Å². The molecule has 2 atom stereocenters. The van der Waals surface area contributed by atoms with E-state index in [0.29, 0.717) is 0 Å². The molecular weight excluding hydrogens is 520 g/mol. The third-order valence-corrected chi connectivity index (χ3v) is 4.28. The molecule has 0 radical (unpaired) electrons. The van der Waals surface area contributed by atoms with E-state index in [1.165, 1.54) is 0 Å². The van der Waals surface area contributed by atoms with Crippen LogP contribution in [0.2, 0.25) is 0 Å². The Hall–Kier alpha value is -4.49. The third-order valence-electron chi connectivity index (χ3n) is 4.28. The first-order chi connectivity index (χ1) is 16.7. The summed E-state index contributed by atoms with van der Waals surface area (Å²) in [5.41, 5.74) is -9.90. The standard InChI is InChI=1S/C18H20O19/c19-7(20)1-16(33,13(27)28)3-9(23)36-11(25)5-18(35,15(31)32)6-12(26)37-10(24)4-17(34,14(29)30)2-8(21)22/h33-35H,1-6H2,(H,19,20)(H,21,22)(H,27,28)(H,29,30)(H,31,32). The molecule has 0 aliphatic heterocycles. The molecule has 19 heteroatoms. The second kappa shape index (κ2) is 12.5. The predicted octanol–water partition coefficient (Wildman–Crippen LogP) is -3.92. The molecule has 0 amide bonds. The van der Waals surface area contributed by atoms with Crippen molar-refractivity contribution in [1.82, 2.24) is 0 Å². The number of carbonyl (C=O) groups excluding carboxylic acids is 4. The van der Waals surface area contributed by atoms with Crippen LogP contribution in [-0.4, -0.2) is 111 Å². The molecule has 0 aliphatic rings. The minimum atomic E-state index is -3.44. The van der Waals surface area contributed by atoms with Crippen LogP contribution >= 0.6 is 0 Å². The van der Waals surface area contributed by atoms with Crippen LogP contribution in [0.1, 0.15) is 38.5 Å². The van der Waals surface area contributed by atoms with Crippen LogP contribution in [-0.2, 0) is 52.6 Å². The van der Waals surface area contributed by atoms with Gasteiger partial charge in [0, 0.05) is 0 Å². The topological polar surface area (TPSA) is 334 Å². The number of ether oxygens (including phenoxy) is 2. The summed E-state index contributed by atoms with van der Waals surface area (Å²) in [7, 11) is 0. The lowest BCUT2D eigenvalue weighted by Gasteiger charge is -2.23. The van der Waals surface area contributed by atoms with Crippen molar-refractivity contribution in [3.05, 3.63) is 0 Å². The molecule has 8 N–H and O–H groups in total. The van der Waals surface area contributed by atoms with E-state index in [0.717, 1.165) is 0 Å². The van der Waals surface area contributed by atoms with Crippen molar-refractivity contribution >= 4 is 53.7 Å². The van der Waals surface area contributed by atoms with Crippen molar-refractivity contribution in [1.29, 1.82) is 0 Å².